The molecule has 0 fully saturated rings. The molecule has 0 aliphatic rings. The van der Waals surface area contributed by atoms with Gasteiger partial charge in [0.1, 0.15) is 5.75 Å². The van der Waals surface area contributed by atoms with Crippen molar-refractivity contribution in [2.45, 2.75) is 33.1 Å². The van der Waals surface area contributed by atoms with Gasteiger partial charge in [0.2, 0.25) is 5.91 Å². The van der Waals surface area contributed by atoms with E-state index >= 15 is 0 Å². The van der Waals surface area contributed by atoms with Crippen molar-refractivity contribution in [2.75, 3.05) is 5.32 Å². The van der Waals surface area contributed by atoms with Crippen LogP contribution in [0.2, 0.25) is 0 Å². The minimum absolute atomic E-state index is 0.0190. The molecule has 0 spiro atoms. The summed E-state index contributed by atoms with van der Waals surface area (Å²) in [5.41, 5.74) is 0.216. The Morgan fingerprint density at radius 2 is 2.05 bits per heavy atom. The van der Waals surface area contributed by atoms with Crippen LogP contribution in [0.25, 0.3) is 0 Å². The lowest BCUT2D eigenvalue weighted by Crippen LogP contribution is -2.20. The van der Waals surface area contributed by atoms with Crippen LogP contribution in [0, 0.1) is 5.92 Å². The minimum Gasteiger partial charge on any atom is -0.506 e. The van der Waals surface area contributed by atoms with Crippen LogP contribution in [0.1, 0.15) is 43.5 Å². The summed E-state index contributed by atoms with van der Waals surface area (Å²) in [7, 11) is 0. The van der Waals surface area contributed by atoms with E-state index in [1.807, 2.05) is 6.92 Å². The Bertz CT molecular complexity index is 471. The van der Waals surface area contributed by atoms with Crippen LogP contribution >= 0.6 is 0 Å². The second-order valence-electron chi connectivity index (χ2n) is 4.57. The zero-order chi connectivity index (χ0) is 14.4. The first-order valence-electron chi connectivity index (χ1n) is 6.32. The zero-order valence-electron chi connectivity index (χ0n) is 11.1. The molecule has 0 aliphatic carbocycles. The Morgan fingerprint density at radius 3 is 2.58 bits per heavy atom. The molecule has 3 N–H and O–H groups in total. The number of nitrogens with one attached hydrogen (secondary N) is 1. The number of aromatic carboxylic acids is 1. The molecule has 1 aromatic carbocycles. The zero-order valence-corrected chi connectivity index (χ0v) is 11.1. The number of hydrogen-bond acceptors (Lipinski definition) is 3. The molecule has 19 heavy (non-hydrogen) atoms. The lowest BCUT2D eigenvalue weighted by atomic mass is 10.0. The van der Waals surface area contributed by atoms with Crippen molar-refractivity contribution in [3.63, 3.8) is 0 Å². The number of phenols is 1. The first-order valence-corrected chi connectivity index (χ1v) is 6.32. The van der Waals surface area contributed by atoms with Gasteiger partial charge in [-0.3, -0.25) is 4.79 Å². The van der Waals surface area contributed by atoms with Gasteiger partial charge in [-0.25, -0.2) is 4.79 Å². The summed E-state index contributed by atoms with van der Waals surface area (Å²) in [5, 5.41) is 21.0. The highest BCUT2D eigenvalue weighted by atomic mass is 16.4. The Hall–Kier alpha value is -2.04. The predicted octanol–water partition coefficient (Wildman–Crippen LogP) is 2.86. The van der Waals surface area contributed by atoms with Gasteiger partial charge in [-0.05, 0) is 24.6 Å². The van der Waals surface area contributed by atoms with Crippen molar-refractivity contribution in [1.82, 2.24) is 0 Å². The summed E-state index contributed by atoms with van der Waals surface area (Å²) in [6.07, 6.45) is 2.78. The lowest BCUT2D eigenvalue weighted by Gasteiger charge is -2.12. The number of amides is 1. The van der Waals surface area contributed by atoms with E-state index in [2.05, 4.69) is 12.2 Å². The normalized spacial score (nSPS) is 11.9. The average Bonchev–Trinajstić information content (AvgIpc) is 2.37. The van der Waals surface area contributed by atoms with Crippen molar-refractivity contribution in [3.8, 4) is 5.75 Å². The molecule has 1 atom stereocenters. The number of carbonyl (C=O) groups excluding carboxylic acids is 1. The van der Waals surface area contributed by atoms with Gasteiger partial charge in [0.15, 0.2) is 0 Å². The Kier molecular flexibility index (Phi) is 5.36. The fourth-order valence-electron chi connectivity index (χ4n) is 1.67. The van der Waals surface area contributed by atoms with Gasteiger partial charge in [-0.1, -0.05) is 26.7 Å². The monoisotopic (exact) mass is 265 g/mol. The fraction of sp³-hybridized carbons (Fsp3) is 0.429. The molecule has 1 rings (SSSR count). The molecule has 0 heterocycles. The summed E-state index contributed by atoms with van der Waals surface area (Å²) in [6.45, 7) is 3.88. The van der Waals surface area contributed by atoms with Gasteiger partial charge in [0.05, 0.1) is 11.3 Å². The van der Waals surface area contributed by atoms with E-state index in [1.165, 1.54) is 12.1 Å². The van der Waals surface area contributed by atoms with Gasteiger partial charge in [0.25, 0.3) is 0 Å². The molecule has 104 valence electrons. The summed E-state index contributed by atoms with van der Waals surface area (Å²) in [6, 6.07) is 3.85. The van der Waals surface area contributed by atoms with Gasteiger partial charge < -0.3 is 15.5 Å². The average molecular weight is 265 g/mol. The molecule has 0 radical (unpaired) electrons. The maximum absolute atomic E-state index is 11.9. The van der Waals surface area contributed by atoms with Gasteiger partial charge in [-0.2, -0.15) is 0 Å². The molecule has 0 aromatic heterocycles. The van der Waals surface area contributed by atoms with Crippen LogP contribution in [-0.4, -0.2) is 22.1 Å². The van der Waals surface area contributed by atoms with Crippen LogP contribution in [0.4, 0.5) is 5.69 Å². The van der Waals surface area contributed by atoms with Gasteiger partial charge in [0, 0.05) is 5.92 Å². The van der Waals surface area contributed by atoms with Crippen LogP contribution in [0.15, 0.2) is 18.2 Å². The van der Waals surface area contributed by atoms with Crippen molar-refractivity contribution in [1.29, 1.82) is 0 Å². The number of aromatic hydroxyl groups is 1. The molecule has 5 nitrogen and oxygen atoms in total. The summed E-state index contributed by atoms with van der Waals surface area (Å²) >= 11 is 0. The first-order chi connectivity index (χ1) is 8.95. The number of anilines is 1. The smallest absolute Gasteiger partial charge is 0.335 e. The highest BCUT2D eigenvalue weighted by Gasteiger charge is 2.15. The third kappa shape index (κ3) is 4.28. The number of rotatable bonds is 6. The number of carboxylic acid groups (broad SMARTS) is 1. The number of benzene rings is 1. The SMILES string of the molecule is CCCCC(C)C(=O)Nc1ccc(C(=O)O)cc1O. The summed E-state index contributed by atoms with van der Waals surface area (Å²) < 4.78 is 0. The van der Waals surface area contributed by atoms with Crippen LogP contribution < -0.4 is 5.32 Å². The third-order valence-corrected chi connectivity index (χ3v) is 2.94. The molecule has 0 bridgehead atoms. The highest BCUT2D eigenvalue weighted by molar-refractivity contribution is 5.95. The van der Waals surface area contributed by atoms with Gasteiger partial charge >= 0.3 is 5.97 Å². The highest BCUT2D eigenvalue weighted by Crippen LogP contribution is 2.25. The quantitative estimate of drug-likeness (QED) is 0.690. The minimum atomic E-state index is -1.12. The van der Waals surface area contributed by atoms with Crippen LogP contribution in [-0.2, 0) is 4.79 Å². The van der Waals surface area contributed by atoms with E-state index < -0.39 is 5.97 Å². The topological polar surface area (TPSA) is 86.6 Å². The Morgan fingerprint density at radius 1 is 1.37 bits per heavy atom. The van der Waals surface area contributed by atoms with Crippen molar-refractivity contribution < 1.29 is 19.8 Å². The maximum Gasteiger partial charge on any atom is 0.335 e. The number of hydrogen-bond donors (Lipinski definition) is 3. The van der Waals surface area contributed by atoms with Crippen molar-refractivity contribution >= 4 is 17.6 Å². The Labute approximate surface area is 112 Å². The van der Waals surface area contributed by atoms with E-state index in [-0.39, 0.29) is 28.8 Å². The number of phenolic OH excluding ortho intramolecular Hbond substituents is 1. The molecule has 1 amide bonds. The largest absolute Gasteiger partial charge is 0.506 e. The number of unbranched alkanes of at least 4 members (excludes halogenated alkanes) is 1. The molecule has 0 aliphatic heterocycles. The molecular weight excluding hydrogens is 246 g/mol. The maximum atomic E-state index is 11.9. The molecule has 5 heteroatoms. The van der Waals surface area contributed by atoms with E-state index in [0.29, 0.717) is 0 Å². The van der Waals surface area contributed by atoms with Crippen molar-refractivity contribution in [2.24, 2.45) is 5.92 Å². The molecule has 1 aromatic rings. The molecular formula is C14H19NO4. The second-order valence-corrected chi connectivity index (χ2v) is 4.57. The molecule has 0 saturated heterocycles. The van der Waals surface area contributed by atoms with Crippen LogP contribution in [0.5, 0.6) is 5.75 Å². The van der Waals surface area contributed by atoms with E-state index in [4.69, 9.17) is 5.11 Å². The van der Waals surface area contributed by atoms with Gasteiger partial charge in [-0.15, -0.1) is 0 Å². The Balaban J connectivity index is 2.72. The van der Waals surface area contributed by atoms with E-state index in [0.717, 1.165) is 25.3 Å². The second kappa shape index (κ2) is 6.78. The standard InChI is InChI=1S/C14H19NO4/c1-3-4-5-9(2)13(17)15-11-7-6-10(14(18)19)8-12(11)16/h6-9,16H,3-5H2,1-2H3,(H,15,17)(H,18,19). The third-order valence-electron chi connectivity index (χ3n) is 2.94. The summed E-state index contributed by atoms with van der Waals surface area (Å²) in [5.74, 6) is -1.68. The van der Waals surface area contributed by atoms with Crippen LogP contribution in [0.3, 0.4) is 0 Å². The van der Waals surface area contributed by atoms with E-state index in [9.17, 15) is 14.7 Å². The molecule has 1 unspecified atom stereocenters. The summed E-state index contributed by atoms with van der Waals surface area (Å²) in [4.78, 5) is 22.6. The number of carboxylic acids is 1. The lowest BCUT2D eigenvalue weighted by molar-refractivity contribution is -0.119. The van der Waals surface area contributed by atoms with E-state index in [1.54, 1.807) is 0 Å². The number of carbonyl (C=O) groups is 2. The predicted molar refractivity (Wildman–Crippen MR) is 72.4 cm³/mol. The fourth-order valence-corrected chi connectivity index (χ4v) is 1.67. The van der Waals surface area contributed by atoms with Crippen molar-refractivity contribution in [3.05, 3.63) is 23.8 Å². The molecule has 0 saturated carbocycles. The first kappa shape index (κ1) is 15.0.